The number of hydrogen-bond acceptors (Lipinski definition) is 3. The summed E-state index contributed by atoms with van der Waals surface area (Å²) in [6, 6.07) is 1.78. The Hall–Kier alpha value is -1.62. The molecule has 0 aromatic carbocycles. The van der Waals surface area contributed by atoms with Crippen molar-refractivity contribution in [1.82, 2.24) is 14.8 Å². The molecule has 2 amide bonds. The zero-order valence-electron chi connectivity index (χ0n) is 12.6. The summed E-state index contributed by atoms with van der Waals surface area (Å²) in [6.45, 7) is 4.99. The number of nitrogens with zero attached hydrogens (tertiary/aromatic N) is 3. The molecule has 0 spiro atoms. The molecule has 1 saturated heterocycles. The first-order valence-electron chi connectivity index (χ1n) is 7.17. The van der Waals surface area contributed by atoms with Gasteiger partial charge in [0, 0.05) is 38.2 Å². The van der Waals surface area contributed by atoms with Crippen molar-refractivity contribution < 1.29 is 4.79 Å². The molecule has 5 nitrogen and oxygen atoms in total. The number of carbonyl (C=O) groups is 1. The van der Waals surface area contributed by atoms with Crippen molar-refractivity contribution in [3.05, 3.63) is 24.0 Å². The number of pyridine rings is 1. The van der Waals surface area contributed by atoms with Crippen molar-refractivity contribution in [2.75, 3.05) is 39.0 Å². The summed E-state index contributed by atoms with van der Waals surface area (Å²) in [5.41, 5.74) is 1.81. The van der Waals surface area contributed by atoms with Crippen LogP contribution in [0.1, 0.15) is 18.4 Å². The predicted octanol–water partition coefficient (Wildman–Crippen LogP) is 2.20. The first kappa shape index (κ1) is 14.8. The molecule has 0 bridgehead atoms. The van der Waals surface area contributed by atoms with Gasteiger partial charge in [0.1, 0.15) is 0 Å². The average Bonchev–Trinajstić information content (AvgIpc) is 2.41. The molecule has 20 heavy (non-hydrogen) atoms. The normalized spacial score (nSPS) is 19.6. The number of rotatable bonds is 3. The van der Waals surface area contributed by atoms with E-state index in [1.54, 1.807) is 17.3 Å². The lowest BCUT2D eigenvalue weighted by Gasteiger charge is -2.32. The third-order valence-corrected chi connectivity index (χ3v) is 3.86. The summed E-state index contributed by atoms with van der Waals surface area (Å²) in [7, 11) is 4.01. The molecule has 1 fully saturated rings. The van der Waals surface area contributed by atoms with Crippen LogP contribution in [-0.2, 0) is 0 Å². The maximum Gasteiger partial charge on any atom is 0.321 e. The lowest BCUT2D eigenvalue weighted by Crippen LogP contribution is -2.41. The summed E-state index contributed by atoms with van der Waals surface area (Å²) in [5, 5.41) is 2.94. The van der Waals surface area contributed by atoms with Gasteiger partial charge in [0.15, 0.2) is 0 Å². The fraction of sp³-hybridized carbons (Fsp3) is 0.600. The van der Waals surface area contributed by atoms with Crippen LogP contribution in [0.5, 0.6) is 0 Å². The Labute approximate surface area is 121 Å². The van der Waals surface area contributed by atoms with Gasteiger partial charge in [0.05, 0.1) is 0 Å². The molecule has 1 aromatic rings. The van der Waals surface area contributed by atoms with Crippen LogP contribution in [0.4, 0.5) is 10.5 Å². The van der Waals surface area contributed by atoms with Crippen LogP contribution in [0.25, 0.3) is 0 Å². The number of aromatic nitrogens is 1. The molecular formula is C15H24N4O. The van der Waals surface area contributed by atoms with Crippen molar-refractivity contribution in [2.24, 2.45) is 5.92 Å². The Morgan fingerprint density at radius 3 is 3.10 bits per heavy atom. The van der Waals surface area contributed by atoms with Crippen molar-refractivity contribution in [3.63, 3.8) is 0 Å². The van der Waals surface area contributed by atoms with Crippen molar-refractivity contribution >= 4 is 11.7 Å². The first-order valence-corrected chi connectivity index (χ1v) is 7.17. The van der Waals surface area contributed by atoms with E-state index in [4.69, 9.17) is 0 Å². The van der Waals surface area contributed by atoms with Crippen LogP contribution in [-0.4, -0.2) is 54.5 Å². The highest BCUT2D eigenvalue weighted by molar-refractivity contribution is 5.89. The minimum absolute atomic E-state index is 0.0486. The fourth-order valence-electron chi connectivity index (χ4n) is 2.72. The van der Waals surface area contributed by atoms with E-state index < -0.39 is 0 Å². The van der Waals surface area contributed by atoms with Gasteiger partial charge in [0.2, 0.25) is 0 Å². The molecule has 1 aromatic heterocycles. The zero-order valence-corrected chi connectivity index (χ0v) is 12.6. The summed E-state index contributed by atoms with van der Waals surface area (Å²) >= 11 is 0. The van der Waals surface area contributed by atoms with E-state index in [0.717, 1.165) is 24.3 Å². The molecule has 0 unspecified atom stereocenters. The molecule has 0 aliphatic carbocycles. The van der Waals surface area contributed by atoms with E-state index in [1.165, 1.54) is 19.4 Å². The van der Waals surface area contributed by atoms with E-state index in [2.05, 4.69) is 22.2 Å². The Kier molecular flexibility index (Phi) is 4.95. The molecule has 1 N–H and O–H groups in total. The minimum atomic E-state index is -0.0486. The second-order valence-corrected chi connectivity index (χ2v) is 5.77. The molecule has 0 radical (unpaired) electrons. The highest BCUT2D eigenvalue weighted by atomic mass is 16.2. The number of urea groups is 1. The third kappa shape index (κ3) is 3.93. The molecule has 1 aliphatic heterocycles. The smallest absolute Gasteiger partial charge is 0.321 e. The average molecular weight is 276 g/mol. The standard InChI is InChI=1S/C15H24N4O/c1-12-9-16-7-6-14(12)17-15(20)19(3)11-13-5-4-8-18(2)10-13/h6-7,9,13H,4-5,8,10-11H2,1-3H3,(H,16,17,20)/t13-/m1/s1. The summed E-state index contributed by atoms with van der Waals surface area (Å²) in [6.07, 6.45) is 5.88. The Balaban J connectivity index is 1.87. The second kappa shape index (κ2) is 6.70. The van der Waals surface area contributed by atoms with Crippen molar-refractivity contribution in [2.45, 2.75) is 19.8 Å². The first-order chi connectivity index (χ1) is 9.56. The Morgan fingerprint density at radius 2 is 2.40 bits per heavy atom. The van der Waals surface area contributed by atoms with Crippen LogP contribution >= 0.6 is 0 Å². The van der Waals surface area contributed by atoms with Gasteiger partial charge < -0.3 is 15.1 Å². The van der Waals surface area contributed by atoms with Crippen LogP contribution in [0.3, 0.4) is 0 Å². The number of nitrogens with one attached hydrogen (secondary N) is 1. The molecule has 1 aliphatic rings. The SMILES string of the molecule is Cc1cnccc1NC(=O)N(C)C[C@@H]1CCCN(C)C1. The Morgan fingerprint density at radius 1 is 1.60 bits per heavy atom. The molecule has 1 atom stereocenters. The summed E-state index contributed by atoms with van der Waals surface area (Å²) in [4.78, 5) is 20.4. The highest BCUT2D eigenvalue weighted by Crippen LogP contribution is 2.17. The second-order valence-electron chi connectivity index (χ2n) is 5.77. The van der Waals surface area contributed by atoms with Gasteiger partial charge in [-0.15, -0.1) is 0 Å². The number of amides is 2. The van der Waals surface area contributed by atoms with Crippen molar-refractivity contribution in [1.29, 1.82) is 0 Å². The fourth-order valence-corrected chi connectivity index (χ4v) is 2.72. The number of anilines is 1. The van der Waals surface area contributed by atoms with Crippen molar-refractivity contribution in [3.8, 4) is 0 Å². The van der Waals surface area contributed by atoms with E-state index in [0.29, 0.717) is 5.92 Å². The quantitative estimate of drug-likeness (QED) is 0.920. The number of likely N-dealkylation sites (tertiary alicyclic amines) is 1. The lowest BCUT2D eigenvalue weighted by atomic mass is 9.98. The lowest BCUT2D eigenvalue weighted by molar-refractivity contribution is 0.170. The van der Waals surface area contributed by atoms with Gasteiger partial charge in [-0.25, -0.2) is 4.79 Å². The maximum atomic E-state index is 12.2. The van der Waals surface area contributed by atoms with Crippen LogP contribution in [0.2, 0.25) is 0 Å². The monoisotopic (exact) mass is 276 g/mol. The van der Waals surface area contributed by atoms with Gasteiger partial charge in [-0.1, -0.05) is 0 Å². The number of hydrogen-bond donors (Lipinski definition) is 1. The number of carbonyl (C=O) groups excluding carboxylic acids is 1. The zero-order chi connectivity index (χ0) is 14.5. The van der Waals surface area contributed by atoms with E-state index in [9.17, 15) is 4.79 Å². The molecule has 110 valence electrons. The minimum Gasteiger partial charge on any atom is -0.327 e. The van der Waals surface area contributed by atoms with Gasteiger partial charge in [-0.3, -0.25) is 4.98 Å². The number of aryl methyl sites for hydroxylation is 1. The van der Waals surface area contributed by atoms with E-state index in [-0.39, 0.29) is 6.03 Å². The topological polar surface area (TPSA) is 48.5 Å². The van der Waals surface area contributed by atoms with Crippen LogP contribution in [0, 0.1) is 12.8 Å². The third-order valence-electron chi connectivity index (χ3n) is 3.86. The van der Waals surface area contributed by atoms with E-state index >= 15 is 0 Å². The van der Waals surface area contributed by atoms with Crippen LogP contribution in [0.15, 0.2) is 18.5 Å². The molecule has 2 rings (SSSR count). The largest absolute Gasteiger partial charge is 0.327 e. The maximum absolute atomic E-state index is 12.2. The highest BCUT2D eigenvalue weighted by Gasteiger charge is 2.20. The van der Waals surface area contributed by atoms with Gasteiger partial charge in [-0.05, 0) is 50.9 Å². The summed E-state index contributed by atoms with van der Waals surface area (Å²) < 4.78 is 0. The Bertz CT molecular complexity index is 463. The van der Waals surface area contributed by atoms with Crippen LogP contribution < -0.4 is 5.32 Å². The molecular weight excluding hydrogens is 252 g/mol. The molecule has 0 saturated carbocycles. The van der Waals surface area contributed by atoms with Gasteiger partial charge in [-0.2, -0.15) is 0 Å². The van der Waals surface area contributed by atoms with Gasteiger partial charge >= 0.3 is 6.03 Å². The number of piperidine rings is 1. The molecule has 5 heteroatoms. The molecule has 2 heterocycles. The predicted molar refractivity (Wildman–Crippen MR) is 80.8 cm³/mol. The van der Waals surface area contributed by atoms with Gasteiger partial charge in [0.25, 0.3) is 0 Å². The summed E-state index contributed by atoms with van der Waals surface area (Å²) in [5.74, 6) is 0.572. The van der Waals surface area contributed by atoms with E-state index in [1.807, 2.05) is 20.0 Å².